The van der Waals surface area contributed by atoms with E-state index in [-0.39, 0.29) is 5.97 Å². The quantitative estimate of drug-likeness (QED) is 0.856. The number of nitrogens with one attached hydrogen (secondary N) is 1. The highest BCUT2D eigenvalue weighted by Crippen LogP contribution is 2.33. The second kappa shape index (κ2) is 6.33. The van der Waals surface area contributed by atoms with Gasteiger partial charge in [0.2, 0.25) is 0 Å². The smallest absolute Gasteiger partial charge is 0.330 e. The third-order valence-corrected chi connectivity index (χ3v) is 4.46. The summed E-state index contributed by atoms with van der Waals surface area (Å²) in [5.41, 5.74) is -0.256. The summed E-state index contributed by atoms with van der Waals surface area (Å²) in [4.78, 5) is 12.3. The van der Waals surface area contributed by atoms with Crippen LogP contribution in [0.1, 0.15) is 38.2 Å². The standard InChI is InChI=1S/C15H19Cl2NO2/c1-15(14(19)20-2,18-11-5-3-4-6-11)12-8-7-10(16)9-13(12)17/h7-9,11,18H,3-6H2,1-2H3. The number of benzene rings is 1. The van der Waals surface area contributed by atoms with Gasteiger partial charge in [0.25, 0.3) is 0 Å². The van der Waals surface area contributed by atoms with Crippen LogP contribution in [0.4, 0.5) is 0 Å². The Labute approximate surface area is 129 Å². The molecule has 1 aliphatic rings. The summed E-state index contributed by atoms with van der Waals surface area (Å²) in [5, 5.41) is 4.43. The van der Waals surface area contributed by atoms with Crippen molar-refractivity contribution in [2.24, 2.45) is 0 Å². The molecule has 110 valence electrons. The van der Waals surface area contributed by atoms with Gasteiger partial charge < -0.3 is 4.74 Å². The Kier molecular flexibility index (Phi) is 4.95. The van der Waals surface area contributed by atoms with E-state index >= 15 is 0 Å². The molecule has 1 aromatic carbocycles. The van der Waals surface area contributed by atoms with E-state index < -0.39 is 5.54 Å². The summed E-state index contributed by atoms with van der Waals surface area (Å²) in [5.74, 6) is -0.339. The van der Waals surface area contributed by atoms with Gasteiger partial charge in [-0.2, -0.15) is 0 Å². The fourth-order valence-corrected chi connectivity index (χ4v) is 3.42. The van der Waals surface area contributed by atoms with Crippen molar-refractivity contribution in [3.63, 3.8) is 0 Å². The first-order chi connectivity index (χ1) is 9.47. The molecule has 1 aromatic rings. The van der Waals surface area contributed by atoms with Gasteiger partial charge in [0.05, 0.1) is 7.11 Å². The molecule has 0 bridgehead atoms. The van der Waals surface area contributed by atoms with Gasteiger partial charge in [0.1, 0.15) is 5.54 Å². The number of esters is 1. The summed E-state index contributed by atoms with van der Waals surface area (Å²) in [6.07, 6.45) is 4.50. The second-order valence-corrected chi connectivity index (χ2v) is 6.21. The number of rotatable bonds is 4. The molecule has 20 heavy (non-hydrogen) atoms. The topological polar surface area (TPSA) is 38.3 Å². The minimum atomic E-state index is -0.953. The van der Waals surface area contributed by atoms with E-state index in [1.54, 1.807) is 18.2 Å². The van der Waals surface area contributed by atoms with Crippen LogP contribution in [0.25, 0.3) is 0 Å². The number of methoxy groups -OCH3 is 1. The highest BCUT2D eigenvalue weighted by atomic mass is 35.5. The Hall–Kier alpha value is -0.770. The van der Waals surface area contributed by atoms with Gasteiger partial charge in [-0.3, -0.25) is 5.32 Å². The van der Waals surface area contributed by atoms with Crippen LogP contribution < -0.4 is 5.32 Å². The van der Waals surface area contributed by atoms with Gasteiger partial charge in [0.15, 0.2) is 0 Å². The predicted octanol–water partition coefficient (Wildman–Crippen LogP) is 3.91. The average Bonchev–Trinajstić information content (AvgIpc) is 2.90. The van der Waals surface area contributed by atoms with E-state index in [0.717, 1.165) is 12.8 Å². The van der Waals surface area contributed by atoms with Crippen LogP contribution in [0.5, 0.6) is 0 Å². The van der Waals surface area contributed by atoms with Gasteiger partial charge in [-0.25, -0.2) is 4.79 Å². The largest absolute Gasteiger partial charge is 0.467 e. The van der Waals surface area contributed by atoms with Crippen molar-refractivity contribution in [2.45, 2.75) is 44.2 Å². The lowest BCUT2D eigenvalue weighted by Crippen LogP contribution is -2.51. The van der Waals surface area contributed by atoms with E-state index in [1.165, 1.54) is 20.0 Å². The Balaban J connectivity index is 2.37. The zero-order chi connectivity index (χ0) is 14.8. The molecule has 0 radical (unpaired) electrons. The van der Waals surface area contributed by atoms with Gasteiger partial charge in [-0.05, 0) is 31.9 Å². The van der Waals surface area contributed by atoms with E-state index in [1.807, 2.05) is 6.92 Å². The van der Waals surface area contributed by atoms with E-state index in [0.29, 0.717) is 21.7 Å². The first-order valence-corrected chi connectivity index (χ1v) is 7.54. The molecule has 0 amide bonds. The minimum Gasteiger partial charge on any atom is -0.467 e. The fraction of sp³-hybridized carbons (Fsp3) is 0.533. The number of carbonyl (C=O) groups excluding carboxylic acids is 1. The molecule has 0 heterocycles. The van der Waals surface area contributed by atoms with Crippen LogP contribution in [0, 0.1) is 0 Å². The van der Waals surface area contributed by atoms with Crippen LogP contribution in [0.2, 0.25) is 10.0 Å². The van der Waals surface area contributed by atoms with E-state index in [2.05, 4.69) is 5.32 Å². The van der Waals surface area contributed by atoms with Crippen LogP contribution in [-0.2, 0) is 15.1 Å². The Morgan fingerprint density at radius 3 is 2.55 bits per heavy atom. The zero-order valence-electron chi connectivity index (χ0n) is 11.7. The third-order valence-electron chi connectivity index (χ3n) is 3.91. The predicted molar refractivity (Wildman–Crippen MR) is 81.2 cm³/mol. The molecule has 3 nitrogen and oxygen atoms in total. The summed E-state index contributed by atoms with van der Waals surface area (Å²) in [6.45, 7) is 1.81. The molecular weight excluding hydrogens is 297 g/mol. The van der Waals surface area contributed by atoms with Crippen molar-refractivity contribution in [2.75, 3.05) is 7.11 Å². The van der Waals surface area contributed by atoms with Gasteiger partial charge >= 0.3 is 5.97 Å². The lowest BCUT2D eigenvalue weighted by atomic mass is 9.90. The fourth-order valence-electron chi connectivity index (χ4n) is 2.82. The first-order valence-electron chi connectivity index (χ1n) is 6.79. The van der Waals surface area contributed by atoms with Crippen LogP contribution >= 0.6 is 23.2 Å². The Morgan fingerprint density at radius 2 is 2.00 bits per heavy atom. The monoisotopic (exact) mass is 315 g/mol. The van der Waals surface area contributed by atoms with Crippen molar-refractivity contribution in [1.29, 1.82) is 0 Å². The molecule has 1 atom stereocenters. The van der Waals surface area contributed by atoms with Gasteiger partial charge in [-0.15, -0.1) is 0 Å². The maximum atomic E-state index is 12.3. The molecule has 0 spiro atoms. The molecular formula is C15H19Cl2NO2. The zero-order valence-corrected chi connectivity index (χ0v) is 13.2. The van der Waals surface area contributed by atoms with Crippen LogP contribution in [-0.4, -0.2) is 19.1 Å². The van der Waals surface area contributed by atoms with Crippen LogP contribution in [0.15, 0.2) is 18.2 Å². The Morgan fingerprint density at radius 1 is 1.35 bits per heavy atom. The number of hydrogen-bond donors (Lipinski definition) is 1. The third kappa shape index (κ3) is 3.11. The Bertz CT molecular complexity index is 501. The SMILES string of the molecule is COC(=O)C(C)(NC1CCCC1)c1ccc(Cl)cc1Cl. The van der Waals surface area contributed by atoms with Crippen molar-refractivity contribution >= 4 is 29.2 Å². The van der Waals surface area contributed by atoms with Crippen molar-refractivity contribution in [1.82, 2.24) is 5.32 Å². The molecule has 0 aromatic heterocycles. The highest BCUT2D eigenvalue weighted by Gasteiger charge is 2.40. The molecule has 1 unspecified atom stereocenters. The summed E-state index contributed by atoms with van der Waals surface area (Å²) in [6, 6.07) is 5.48. The number of hydrogen-bond acceptors (Lipinski definition) is 3. The highest BCUT2D eigenvalue weighted by molar-refractivity contribution is 6.35. The summed E-state index contributed by atoms with van der Waals surface area (Å²) < 4.78 is 4.97. The average molecular weight is 316 g/mol. The van der Waals surface area contributed by atoms with Gasteiger partial charge in [0, 0.05) is 21.7 Å². The molecule has 1 saturated carbocycles. The minimum absolute atomic E-state index is 0.311. The van der Waals surface area contributed by atoms with Crippen molar-refractivity contribution in [3.8, 4) is 0 Å². The lowest BCUT2D eigenvalue weighted by molar-refractivity contribution is -0.148. The first kappa shape index (κ1) is 15.6. The maximum absolute atomic E-state index is 12.3. The van der Waals surface area contributed by atoms with Crippen molar-refractivity contribution < 1.29 is 9.53 Å². The maximum Gasteiger partial charge on any atom is 0.330 e. The summed E-state index contributed by atoms with van der Waals surface area (Å²) >= 11 is 12.2. The number of carbonyl (C=O) groups is 1. The number of ether oxygens (including phenoxy) is 1. The molecule has 1 N–H and O–H groups in total. The normalized spacial score (nSPS) is 18.8. The van der Waals surface area contributed by atoms with E-state index in [9.17, 15) is 4.79 Å². The van der Waals surface area contributed by atoms with Gasteiger partial charge in [-0.1, -0.05) is 42.1 Å². The van der Waals surface area contributed by atoms with Crippen molar-refractivity contribution in [3.05, 3.63) is 33.8 Å². The molecule has 0 aliphatic heterocycles. The lowest BCUT2D eigenvalue weighted by Gasteiger charge is -2.32. The second-order valence-electron chi connectivity index (χ2n) is 5.37. The molecule has 2 rings (SSSR count). The summed E-state index contributed by atoms with van der Waals surface area (Å²) in [7, 11) is 1.39. The molecule has 1 aliphatic carbocycles. The van der Waals surface area contributed by atoms with Crippen LogP contribution in [0.3, 0.4) is 0 Å². The number of halogens is 2. The van der Waals surface area contributed by atoms with E-state index in [4.69, 9.17) is 27.9 Å². The molecule has 1 fully saturated rings. The molecule has 0 saturated heterocycles. The molecule has 5 heteroatoms.